The van der Waals surface area contributed by atoms with Crippen molar-refractivity contribution in [2.24, 2.45) is 0 Å². The zero-order valence-electron chi connectivity index (χ0n) is 40.0. The maximum absolute atomic E-state index is 2.58. The molecule has 0 spiro atoms. The van der Waals surface area contributed by atoms with E-state index in [2.05, 4.69) is 289 Å². The highest BCUT2D eigenvalue weighted by Crippen LogP contribution is 2.64. The molecular weight excluding hydrogens is 881 g/mol. The molecule has 1 aliphatic heterocycles. The van der Waals surface area contributed by atoms with Gasteiger partial charge >= 0.3 is 0 Å². The average molecular weight is 927 g/mol. The lowest BCUT2D eigenvalue weighted by Gasteiger charge is -2.35. The second-order valence-corrected chi connectivity index (χ2v) is 19.6. The van der Waals surface area contributed by atoms with Gasteiger partial charge in [0.1, 0.15) is 0 Å². The summed E-state index contributed by atoms with van der Waals surface area (Å²) in [6.45, 7) is 0. The minimum Gasteiger partial charge on any atom is -0.310 e. The van der Waals surface area contributed by atoms with Crippen LogP contribution in [0.5, 0.6) is 0 Å². The summed E-state index contributed by atoms with van der Waals surface area (Å²) < 4.78 is 2.58. The van der Waals surface area contributed by atoms with Crippen LogP contribution in [-0.4, -0.2) is 4.57 Å². The van der Waals surface area contributed by atoms with E-state index in [0.717, 1.165) is 17.1 Å². The van der Waals surface area contributed by atoms with E-state index in [1.165, 1.54) is 116 Å². The van der Waals surface area contributed by atoms with Crippen LogP contribution in [0, 0.1) is 0 Å². The number of benzene rings is 12. The molecule has 0 unspecified atom stereocenters. The molecule has 0 bridgehead atoms. The number of aromatic nitrogens is 1. The molecule has 0 atom stereocenters. The fourth-order valence-corrected chi connectivity index (χ4v) is 12.6. The van der Waals surface area contributed by atoms with Crippen molar-refractivity contribution in [2.45, 2.75) is 5.41 Å². The van der Waals surface area contributed by atoms with Gasteiger partial charge in [-0.05, 0) is 132 Å². The lowest BCUT2D eigenvalue weighted by Crippen LogP contribution is -2.28. The van der Waals surface area contributed by atoms with Gasteiger partial charge in [-0.2, -0.15) is 0 Å². The number of fused-ring (bicyclic) bond motifs is 7. The molecule has 15 rings (SSSR count). The number of hydrogen-bond acceptors (Lipinski definition) is 1. The van der Waals surface area contributed by atoms with Gasteiger partial charge < -0.3 is 9.47 Å². The lowest BCUT2D eigenvalue weighted by atomic mass is 9.67. The van der Waals surface area contributed by atoms with Crippen LogP contribution < -0.4 is 4.90 Å². The Kier molecular flexibility index (Phi) is 9.21. The van der Waals surface area contributed by atoms with Crippen LogP contribution in [-0.2, 0) is 5.41 Å². The Balaban J connectivity index is 1.03. The Morgan fingerprint density at radius 1 is 0.301 bits per heavy atom. The van der Waals surface area contributed by atoms with Gasteiger partial charge in [0.25, 0.3) is 0 Å². The molecule has 0 radical (unpaired) electrons. The van der Waals surface area contributed by atoms with E-state index in [1.807, 2.05) is 0 Å². The molecule has 1 aliphatic carbocycles. The highest BCUT2D eigenvalue weighted by molar-refractivity contribution is 6.20. The summed E-state index contributed by atoms with van der Waals surface area (Å²) in [4.78, 5) is 2.35. The first-order chi connectivity index (χ1) is 36.2. The summed E-state index contributed by atoms with van der Waals surface area (Å²) in [5, 5.41) is 4.92. The molecule has 0 N–H and O–H groups in total. The average Bonchev–Trinajstić information content (AvgIpc) is 4.03. The smallest absolute Gasteiger partial charge is 0.0714 e. The normalized spacial score (nSPS) is 12.8. The fourth-order valence-electron chi connectivity index (χ4n) is 12.6. The SMILES string of the molecule is c1ccc(-c2ccc(C3(c4ccc(-c5ccccc5)cc4)c4ccc(-c5ccc6ccc(N(c7ccccc7)c7ccccc7)cc6c5)c5c4-c4c3ccc3c6ccccc6n(c43)-c3ccccc3-5)cc2)cc1. The number of rotatable bonds is 8. The monoisotopic (exact) mass is 926 g/mol. The first-order valence-corrected chi connectivity index (χ1v) is 25.3. The van der Waals surface area contributed by atoms with Crippen LogP contribution in [0.15, 0.2) is 279 Å². The van der Waals surface area contributed by atoms with E-state index in [4.69, 9.17) is 0 Å². The molecule has 12 aromatic carbocycles. The number of para-hydroxylation sites is 4. The van der Waals surface area contributed by atoms with Crippen molar-refractivity contribution >= 4 is 49.6 Å². The second-order valence-electron chi connectivity index (χ2n) is 19.6. The lowest BCUT2D eigenvalue weighted by molar-refractivity contribution is 0.769. The van der Waals surface area contributed by atoms with Crippen molar-refractivity contribution in [3.05, 3.63) is 301 Å². The summed E-state index contributed by atoms with van der Waals surface area (Å²) in [7, 11) is 0. The van der Waals surface area contributed by atoms with E-state index in [0.29, 0.717) is 0 Å². The molecule has 13 aromatic rings. The molecule has 1 aromatic heterocycles. The van der Waals surface area contributed by atoms with Gasteiger partial charge in [-0.3, -0.25) is 0 Å². The molecule has 2 nitrogen and oxygen atoms in total. The highest BCUT2D eigenvalue weighted by Gasteiger charge is 2.49. The van der Waals surface area contributed by atoms with Crippen molar-refractivity contribution < 1.29 is 0 Å². The molecule has 0 amide bonds. The minimum atomic E-state index is -0.652. The highest BCUT2D eigenvalue weighted by atomic mass is 15.1. The predicted molar refractivity (Wildman–Crippen MR) is 306 cm³/mol. The van der Waals surface area contributed by atoms with Gasteiger partial charge in [0.2, 0.25) is 0 Å². The predicted octanol–water partition coefficient (Wildman–Crippen LogP) is 18.8. The largest absolute Gasteiger partial charge is 0.310 e. The van der Waals surface area contributed by atoms with Gasteiger partial charge in [-0.15, -0.1) is 0 Å². The second kappa shape index (κ2) is 16.3. The first kappa shape index (κ1) is 41.3. The molecule has 73 heavy (non-hydrogen) atoms. The zero-order chi connectivity index (χ0) is 48.0. The topological polar surface area (TPSA) is 8.17 Å². The van der Waals surface area contributed by atoms with Crippen molar-refractivity contribution in [1.82, 2.24) is 4.57 Å². The molecule has 2 heteroatoms. The summed E-state index contributed by atoms with van der Waals surface area (Å²) in [6.07, 6.45) is 0. The van der Waals surface area contributed by atoms with Gasteiger partial charge in [-0.1, -0.05) is 224 Å². The van der Waals surface area contributed by atoms with Crippen molar-refractivity contribution in [3.8, 4) is 61.3 Å². The molecular formula is C71H46N2. The number of nitrogens with zero attached hydrogens (tertiary/aromatic N) is 2. The van der Waals surface area contributed by atoms with Gasteiger partial charge in [0.05, 0.1) is 22.1 Å². The molecule has 0 saturated heterocycles. The minimum absolute atomic E-state index is 0.652. The van der Waals surface area contributed by atoms with Crippen molar-refractivity contribution in [2.75, 3.05) is 4.90 Å². The van der Waals surface area contributed by atoms with E-state index < -0.39 is 5.41 Å². The van der Waals surface area contributed by atoms with Crippen LogP contribution >= 0.6 is 0 Å². The maximum Gasteiger partial charge on any atom is 0.0714 e. The third-order valence-corrected chi connectivity index (χ3v) is 15.8. The Labute approximate surface area is 425 Å². The van der Waals surface area contributed by atoms with Crippen LogP contribution in [0.4, 0.5) is 17.1 Å². The Morgan fingerprint density at radius 2 is 0.822 bits per heavy atom. The van der Waals surface area contributed by atoms with Crippen LogP contribution in [0.3, 0.4) is 0 Å². The summed E-state index contributed by atoms with van der Waals surface area (Å²) >= 11 is 0. The summed E-state index contributed by atoms with van der Waals surface area (Å²) in [6, 6.07) is 104. The van der Waals surface area contributed by atoms with E-state index in [-0.39, 0.29) is 0 Å². The first-order valence-electron chi connectivity index (χ1n) is 25.3. The third kappa shape index (κ3) is 6.17. The molecule has 0 saturated carbocycles. The van der Waals surface area contributed by atoms with Crippen LogP contribution in [0.1, 0.15) is 22.3 Å². The van der Waals surface area contributed by atoms with Crippen molar-refractivity contribution in [3.63, 3.8) is 0 Å². The Morgan fingerprint density at radius 3 is 1.48 bits per heavy atom. The van der Waals surface area contributed by atoms with Gasteiger partial charge in [-0.25, -0.2) is 0 Å². The van der Waals surface area contributed by atoms with E-state index >= 15 is 0 Å². The maximum atomic E-state index is 2.58. The molecule has 340 valence electrons. The Hall–Kier alpha value is -9.50. The molecule has 2 heterocycles. The number of anilines is 3. The fraction of sp³-hybridized carbons (Fsp3) is 0.0141. The third-order valence-electron chi connectivity index (χ3n) is 15.8. The van der Waals surface area contributed by atoms with Gasteiger partial charge in [0.15, 0.2) is 0 Å². The standard InChI is InChI=1S/C71H46N2/c1-5-17-47(18-6-1)49-31-36-54(37-32-49)71(55-38-33-50(34-39-55)48-19-7-2-8-20-48)63-43-41-59(52-30-29-51-35-40-58(46-53(51)45-52)72(56-21-9-3-10-22-56)57-23-11-4-12-24-57)67-62-26-14-16-28-66(62)73-65-27-15-13-25-60(65)61-42-44-64(71)69(68(63)67)70(61)73/h1-46H. The summed E-state index contributed by atoms with van der Waals surface area (Å²) in [5.74, 6) is 0. The summed E-state index contributed by atoms with van der Waals surface area (Å²) in [5.41, 5.74) is 23.8. The van der Waals surface area contributed by atoms with E-state index in [9.17, 15) is 0 Å². The van der Waals surface area contributed by atoms with Crippen molar-refractivity contribution in [1.29, 1.82) is 0 Å². The quantitative estimate of drug-likeness (QED) is 0.147. The molecule has 0 fully saturated rings. The van der Waals surface area contributed by atoms with E-state index in [1.54, 1.807) is 0 Å². The zero-order valence-corrected chi connectivity index (χ0v) is 40.0. The Bertz CT molecular complexity index is 4150. The number of hydrogen-bond donors (Lipinski definition) is 0. The van der Waals surface area contributed by atoms with Crippen LogP contribution in [0.2, 0.25) is 0 Å². The van der Waals surface area contributed by atoms with Crippen LogP contribution in [0.25, 0.3) is 93.9 Å². The molecule has 2 aliphatic rings. The van der Waals surface area contributed by atoms with Gasteiger partial charge in [0, 0.05) is 39.0 Å².